The highest BCUT2D eigenvalue weighted by Gasteiger charge is 2.34. The number of hydrogen-bond donors (Lipinski definition) is 1. The van der Waals surface area contributed by atoms with Gasteiger partial charge < -0.3 is 5.32 Å². The lowest BCUT2D eigenvalue weighted by Crippen LogP contribution is -2.43. The van der Waals surface area contributed by atoms with Crippen molar-refractivity contribution < 1.29 is 13.2 Å². The number of halogens is 1. The molecule has 6 nitrogen and oxygen atoms in total. The van der Waals surface area contributed by atoms with Gasteiger partial charge in [0.05, 0.1) is 16.1 Å². The van der Waals surface area contributed by atoms with Gasteiger partial charge in [0.15, 0.2) is 5.13 Å². The first-order valence-corrected chi connectivity index (χ1v) is 12.3. The Morgan fingerprint density at radius 2 is 2.18 bits per heavy atom. The monoisotopic (exact) mass is 455 g/mol. The normalized spacial score (nSPS) is 18.4. The summed E-state index contributed by atoms with van der Waals surface area (Å²) in [7, 11) is -3.54. The molecule has 0 aliphatic carbocycles. The zero-order valence-corrected chi connectivity index (χ0v) is 18.2. The van der Waals surface area contributed by atoms with Crippen molar-refractivity contribution >= 4 is 65.6 Å². The summed E-state index contributed by atoms with van der Waals surface area (Å²) in [6.45, 7) is 2.51. The van der Waals surface area contributed by atoms with Gasteiger partial charge in [-0.25, -0.2) is 13.4 Å². The Hall–Kier alpha value is -1.52. The summed E-state index contributed by atoms with van der Waals surface area (Å²) >= 11 is 8.72. The first kappa shape index (κ1) is 19.8. The maximum Gasteiger partial charge on any atom is 0.252 e. The zero-order chi connectivity index (χ0) is 19.9. The number of nitrogens with one attached hydrogen (secondary N) is 1. The highest BCUT2D eigenvalue weighted by atomic mass is 35.5. The molecule has 148 valence electrons. The lowest BCUT2D eigenvalue weighted by molar-refractivity contribution is -0.120. The summed E-state index contributed by atoms with van der Waals surface area (Å²) in [6.07, 6.45) is 1.30. The van der Waals surface area contributed by atoms with Gasteiger partial charge in [0.25, 0.3) is 10.0 Å². The minimum absolute atomic E-state index is 0.182. The summed E-state index contributed by atoms with van der Waals surface area (Å²) in [6, 6.07) is 7.01. The second-order valence-corrected chi connectivity index (χ2v) is 11.2. The molecule has 1 aliphatic rings. The molecule has 2 aromatic heterocycles. The molecule has 1 fully saturated rings. The van der Waals surface area contributed by atoms with Crippen molar-refractivity contribution in [3.63, 3.8) is 0 Å². The quantitative estimate of drug-likeness (QED) is 0.633. The van der Waals surface area contributed by atoms with Crippen LogP contribution in [0.2, 0.25) is 5.02 Å². The third-order valence-electron chi connectivity index (χ3n) is 4.82. The van der Waals surface area contributed by atoms with Crippen LogP contribution < -0.4 is 5.32 Å². The molecule has 0 bridgehead atoms. The minimum Gasteiger partial charge on any atom is -0.302 e. The number of thiazole rings is 1. The highest BCUT2D eigenvalue weighted by molar-refractivity contribution is 7.91. The third kappa shape index (κ3) is 3.69. The van der Waals surface area contributed by atoms with Gasteiger partial charge >= 0.3 is 0 Å². The summed E-state index contributed by atoms with van der Waals surface area (Å²) in [5.74, 6) is -0.603. The smallest absolute Gasteiger partial charge is 0.252 e. The number of amides is 1. The van der Waals surface area contributed by atoms with Gasteiger partial charge in [0.2, 0.25) is 5.91 Å². The van der Waals surface area contributed by atoms with Gasteiger partial charge in [0.1, 0.15) is 4.21 Å². The Morgan fingerprint density at radius 3 is 2.93 bits per heavy atom. The van der Waals surface area contributed by atoms with Crippen LogP contribution in [0.25, 0.3) is 10.2 Å². The highest BCUT2D eigenvalue weighted by Crippen LogP contribution is 2.32. The number of fused-ring (bicyclic) bond motifs is 1. The van der Waals surface area contributed by atoms with E-state index in [1.165, 1.54) is 27.0 Å². The Morgan fingerprint density at radius 1 is 1.36 bits per heavy atom. The van der Waals surface area contributed by atoms with Crippen LogP contribution in [0.15, 0.2) is 33.9 Å². The Bertz CT molecular complexity index is 1130. The van der Waals surface area contributed by atoms with Crippen LogP contribution in [-0.2, 0) is 14.8 Å². The average molecular weight is 456 g/mol. The first-order valence-electron chi connectivity index (χ1n) is 8.76. The number of thiophene rings is 1. The van der Waals surface area contributed by atoms with E-state index in [9.17, 15) is 13.2 Å². The molecule has 0 spiro atoms. The van der Waals surface area contributed by atoms with E-state index in [1.54, 1.807) is 17.5 Å². The second-order valence-electron chi connectivity index (χ2n) is 6.66. The molecule has 10 heteroatoms. The van der Waals surface area contributed by atoms with E-state index < -0.39 is 15.9 Å². The van der Waals surface area contributed by atoms with Gasteiger partial charge in [-0.1, -0.05) is 29.0 Å². The van der Waals surface area contributed by atoms with Gasteiger partial charge in [0, 0.05) is 18.1 Å². The molecule has 1 aromatic carbocycles. The summed E-state index contributed by atoms with van der Waals surface area (Å²) < 4.78 is 28.2. The number of hydrogen-bond acceptors (Lipinski definition) is 6. The molecule has 1 saturated heterocycles. The first-order chi connectivity index (χ1) is 13.4. The number of rotatable bonds is 4. The van der Waals surface area contributed by atoms with Gasteiger partial charge in [-0.05, 0) is 48.9 Å². The van der Waals surface area contributed by atoms with E-state index >= 15 is 0 Å². The van der Waals surface area contributed by atoms with Crippen LogP contribution >= 0.6 is 34.3 Å². The third-order valence-corrected chi connectivity index (χ3v) is 9.41. The lowest BCUT2D eigenvalue weighted by atomic mass is 9.99. The second kappa shape index (κ2) is 7.72. The number of sulfonamides is 1. The number of aryl methyl sites for hydroxylation is 1. The fourth-order valence-electron chi connectivity index (χ4n) is 3.27. The van der Waals surface area contributed by atoms with E-state index in [-0.39, 0.29) is 12.5 Å². The number of benzene rings is 1. The topological polar surface area (TPSA) is 79.4 Å². The molecular weight excluding hydrogens is 438 g/mol. The van der Waals surface area contributed by atoms with Crippen molar-refractivity contribution in [2.45, 2.75) is 24.0 Å². The Labute approximate surface area is 176 Å². The minimum atomic E-state index is -3.54. The van der Waals surface area contributed by atoms with Crippen molar-refractivity contribution in [1.82, 2.24) is 9.29 Å². The van der Waals surface area contributed by atoms with Crippen molar-refractivity contribution in [2.24, 2.45) is 5.92 Å². The Balaban J connectivity index is 1.50. The maximum absolute atomic E-state index is 12.8. The molecule has 1 N–H and O–H groups in total. The van der Waals surface area contributed by atoms with Crippen LogP contribution in [0.1, 0.15) is 18.4 Å². The van der Waals surface area contributed by atoms with Gasteiger partial charge in [-0.3, -0.25) is 4.79 Å². The van der Waals surface area contributed by atoms with Crippen LogP contribution in [0, 0.1) is 12.8 Å². The molecule has 1 aliphatic heterocycles. The van der Waals surface area contributed by atoms with Gasteiger partial charge in [-0.2, -0.15) is 4.31 Å². The molecular formula is C18H18ClN3O3S3. The van der Waals surface area contributed by atoms with Crippen LogP contribution in [0.3, 0.4) is 0 Å². The average Bonchev–Trinajstić information content (AvgIpc) is 3.35. The predicted molar refractivity (Wildman–Crippen MR) is 114 cm³/mol. The van der Waals surface area contributed by atoms with E-state index in [0.717, 1.165) is 15.8 Å². The number of aromatic nitrogens is 1. The van der Waals surface area contributed by atoms with Crippen molar-refractivity contribution in [3.05, 3.63) is 40.2 Å². The SMILES string of the molecule is Cc1c(Cl)ccc2sc(NC(=O)C3CCCN(S(=O)(=O)c4cccs4)C3)nc12. The van der Waals surface area contributed by atoms with E-state index in [1.807, 2.05) is 19.1 Å². The zero-order valence-electron chi connectivity index (χ0n) is 15.0. The molecule has 1 unspecified atom stereocenters. The van der Waals surface area contributed by atoms with E-state index in [2.05, 4.69) is 10.3 Å². The van der Waals surface area contributed by atoms with Crippen LogP contribution in [-0.4, -0.2) is 36.7 Å². The molecule has 3 heterocycles. The molecule has 1 amide bonds. The number of anilines is 1. The number of piperidine rings is 1. The van der Waals surface area contributed by atoms with Crippen molar-refractivity contribution in [2.75, 3.05) is 18.4 Å². The van der Waals surface area contributed by atoms with Crippen molar-refractivity contribution in [1.29, 1.82) is 0 Å². The number of carbonyl (C=O) groups excluding carboxylic acids is 1. The largest absolute Gasteiger partial charge is 0.302 e. The van der Waals surface area contributed by atoms with E-state index in [0.29, 0.717) is 33.7 Å². The number of nitrogens with zero attached hydrogens (tertiary/aromatic N) is 2. The summed E-state index contributed by atoms with van der Waals surface area (Å²) in [4.78, 5) is 17.3. The molecule has 0 radical (unpaired) electrons. The van der Waals surface area contributed by atoms with Crippen molar-refractivity contribution in [3.8, 4) is 0 Å². The molecule has 0 saturated carbocycles. The van der Waals surface area contributed by atoms with Crippen LogP contribution in [0.4, 0.5) is 5.13 Å². The van der Waals surface area contributed by atoms with Crippen LogP contribution in [0.5, 0.6) is 0 Å². The summed E-state index contributed by atoms with van der Waals surface area (Å²) in [5.41, 5.74) is 1.65. The van der Waals surface area contributed by atoms with E-state index in [4.69, 9.17) is 11.6 Å². The molecule has 1 atom stereocenters. The fraction of sp³-hybridized carbons (Fsp3) is 0.333. The lowest BCUT2D eigenvalue weighted by Gasteiger charge is -2.30. The molecule has 4 rings (SSSR count). The molecule has 28 heavy (non-hydrogen) atoms. The Kier molecular flexibility index (Phi) is 5.45. The molecule has 3 aromatic rings. The standard InChI is InChI=1S/C18H18ClN3O3S3/c1-11-13(19)6-7-14-16(11)20-18(27-14)21-17(23)12-4-2-8-22(10-12)28(24,25)15-5-3-9-26-15/h3,5-7,9,12H,2,4,8,10H2,1H3,(H,20,21,23). The number of carbonyl (C=O) groups is 1. The fourth-order valence-corrected chi connectivity index (χ4v) is 7.02. The van der Waals surface area contributed by atoms with Gasteiger partial charge in [-0.15, -0.1) is 11.3 Å². The predicted octanol–water partition coefficient (Wildman–Crippen LogP) is 4.36. The summed E-state index contributed by atoms with van der Waals surface area (Å²) in [5, 5.41) is 5.74. The maximum atomic E-state index is 12.8.